The molecule has 1 fully saturated rings. The van der Waals surface area contributed by atoms with Gasteiger partial charge in [-0.3, -0.25) is 13.7 Å². The molecule has 0 radical (unpaired) electrons. The number of para-hydroxylation sites is 1. The summed E-state index contributed by atoms with van der Waals surface area (Å²) in [6.07, 6.45) is 1.80. The second kappa shape index (κ2) is 18.6. The molecule has 2 unspecified atom stereocenters. The molecular formula is C41H32Cl3N13O12S3. The average molecular weight is 1100 g/mol. The molecule has 7 N–H and O–H groups in total. The molecule has 2 aliphatic carbocycles. The van der Waals surface area contributed by atoms with Crippen molar-refractivity contribution in [2.75, 3.05) is 52.5 Å². The Kier molecular flexibility index (Phi) is 12.6. The van der Waals surface area contributed by atoms with Gasteiger partial charge in [0.15, 0.2) is 23.7 Å². The van der Waals surface area contributed by atoms with Crippen molar-refractivity contribution in [1.29, 1.82) is 0 Å². The zero-order chi connectivity index (χ0) is 50.9. The van der Waals surface area contributed by atoms with Gasteiger partial charge in [-0.25, -0.2) is 9.98 Å². The van der Waals surface area contributed by atoms with Crippen molar-refractivity contribution in [3.8, 4) is 11.5 Å². The lowest BCUT2D eigenvalue weighted by molar-refractivity contribution is 0.122. The Morgan fingerprint density at radius 2 is 1.08 bits per heavy atom. The third-order valence-corrected chi connectivity index (χ3v) is 14.6. The van der Waals surface area contributed by atoms with Crippen LogP contribution in [0.2, 0.25) is 15.3 Å². The van der Waals surface area contributed by atoms with Crippen molar-refractivity contribution >= 4 is 129 Å². The topological polar surface area (TPSA) is 344 Å². The Balaban J connectivity index is 0.967. The molecule has 0 saturated carbocycles. The molecule has 0 bridgehead atoms. The quantitative estimate of drug-likeness (QED) is 0.0691. The van der Waals surface area contributed by atoms with Gasteiger partial charge in [0.05, 0.1) is 41.7 Å². The number of allylic oxidation sites excluding steroid dienone is 2. The highest BCUT2D eigenvalue weighted by atomic mass is 35.5. The molecular weight excluding hydrogens is 1070 g/mol. The molecule has 1 saturated heterocycles. The number of nitrogens with one attached hydrogen (secondary N) is 4. The van der Waals surface area contributed by atoms with Gasteiger partial charge in [0.2, 0.25) is 35.0 Å². The van der Waals surface area contributed by atoms with Gasteiger partial charge in [-0.2, -0.15) is 55.2 Å². The molecule has 5 aliphatic rings. The van der Waals surface area contributed by atoms with E-state index in [1.807, 2.05) is 36.1 Å². The molecule has 2 atom stereocenters. The van der Waals surface area contributed by atoms with Gasteiger partial charge in [-0.05, 0) is 67.1 Å². The summed E-state index contributed by atoms with van der Waals surface area (Å²) in [6.45, 7) is 3.67. The summed E-state index contributed by atoms with van der Waals surface area (Å²) in [6, 6.07) is 12.7. The van der Waals surface area contributed by atoms with Crippen LogP contribution in [0.15, 0.2) is 109 Å². The molecule has 72 heavy (non-hydrogen) atoms. The lowest BCUT2D eigenvalue weighted by atomic mass is 10.0. The fourth-order valence-corrected chi connectivity index (χ4v) is 10.7. The smallest absolute Gasteiger partial charge is 0.296 e. The zero-order valence-corrected chi connectivity index (χ0v) is 41.0. The number of hydrogen-bond donors (Lipinski definition) is 7. The molecule has 372 valence electrons. The first-order valence-corrected chi connectivity index (χ1v) is 26.2. The van der Waals surface area contributed by atoms with E-state index in [2.05, 4.69) is 61.2 Å². The summed E-state index contributed by atoms with van der Waals surface area (Å²) in [5, 5.41) is 10.2. The van der Waals surface area contributed by atoms with Crippen molar-refractivity contribution in [2.24, 2.45) is 9.98 Å². The van der Waals surface area contributed by atoms with E-state index in [1.165, 1.54) is 42.5 Å². The molecule has 0 amide bonds. The molecule has 0 spiro atoms. The number of rotatable bonds is 12. The molecule has 5 heterocycles. The van der Waals surface area contributed by atoms with E-state index in [1.54, 1.807) is 0 Å². The summed E-state index contributed by atoms with van der Waals surface area (Å²) < 4.78 is 126. The maximum Gasteiger partial charge on any atom is 0.296 e. The van der Waals surface area contributed by atoms with Crippen LogP contribution in [0.1, 0.15) is 5.56 Å². The Hall–Kier alpha value is -6.86. The minimum atomic E-state index is -5.20. The number of ether oxygens (including phenoxy) is 3. The number of aryl methyl sites for hydroxylation is 1. The van der Waals surface area contributed by atoms with Crippen LogP contribution < -0.4 is 35.6 Å². The van der Waals surface area contributed by atoms with Gasteiger partial charge in [0.25, 0.3) is 30.4 Å². The number of anilines is 7. The predicted octanol–water partition coefficient (Wildman–Crippen LogP) is 6.13. The van der Waals surface area contributed by atoms with Crippen molar-refractivity contribution in [2.45, 2.75) is 24.0 Å². The summed E-state index contributed by atoms with van der Waals surface area (Å²) >= 11 is 20.0. The first-order chi connectivity index (χ1) is 34.2. The van der Waals surface area contributed by atoms with E-state index in [4.69, 9.17) is 49.0 Å². The number of fused-ring (bicyclic) bond motifs is 4. The summed E-state index contributed by atoms with van der Waals surface area (Å²) in [4.78, 5) is 34.5. The normalized spacial score (nSPS) is 18.4. The van der Waals surface area contributed by atoms with Gasteiger partial charge in [-0.15, -0.1) is 0 Å². The number of morpholine rings is 1. The highest BCUT2D eigenvalue weighted by Crippen LogP contribution is 2.58. The summed E-state index contributed by atoms with van der Waals surface area (Å²) in [5.74, 6) is -1.09. The Morgan fingerprint density at radius 1 is 0.597 bits per heavy atom. The van der Waals surface area contributed by atoms with E-state index in [9.17, 15) is 38.9 Å². The van der Waals surface area contributed by atoms with Crippen LogP contribution in [0.5, 0.6) is 11.5 Å². The maximum atomic E-state index is 13.3. The van der Waals surface area contributed by atoms with Crippen molar-refractivity contribution in [3.63, 3.8) is 0 Å². The van der Waals surface area contributed by atoms with Crippen LogP contribution >= 0.6 is 34.8 Å². The third-order valence-electron chi connectivity index (χ3n) is 10.9. The van der Waals surface area contributed by atoms with Gasteiger partial charge in [-0.1, -0.05) is 53.0 Å². The van der Waals surface area contributed by atoms with Crippen LogP contribution in [0.4, 0.5) is 52.5 Å². The molecule has 3 aromatic carbocycles. The monoisotopic (exact) mass is 1100 g/mol. The molecule has 10 rings (SSSR count). The van der Waals surface area contributed by atoms with Crippen LogP contribution in [0.3, 0.4) is 0 Å². The number of aromatic nitrogens is 6. The predicted molar refractivity (Wildman–Crippen MR) is 264 cm³/mol. The fraction of sp³-hybridized carbons (Fsp3) is 0.171. The molecule has 3 aliphatic heterocycles. The average Bonchev–Trinajstić information content (AvgIpc) is 3.32. The van der Waals surface area contributed by atoms with Gasteiger partial charge in [0.1, 0.15) is 36.1 Å². The van der Waals surface area contributed by atoms with Crippen molar-refractivity contribution < 1.29 is 53.1 Å². The van der Waals surface area contributed by atoms with E-state index < -0.39 is 68.5 Å². The van der Waals surface area contributed by atoms with Crippen molar-refractivity contribution in [1.82, 2.24) is 29.9 Å². The Morgan fingerprint density at radius 3 is 1.60 bits per heavy atom. The molecule has 31 heteroatoms. The fourth-order valence-electron chi connectivity index (χ4n) is 7.70. The molecule has 5 aromatic rings. The second-order valence-corrected chi connectivity index (χ2v) is 21.0. The van der Waals surface area contributed by atoms with Crippen LogP contribution in [0.25, 0.3) is 0 Å². The lowest BCUT2D eigenvalue weighted by Crippen LogP contribution is -2.39. The van der Waals surface area contributed by atoms with Crippen LogP contribution in [-0.2, 0) is 35.1 Å². The van der Waals surface area contributed by atoms with Crippen molar-refractivity contribution in [3.05, 3.63) is 115 Å². The van der Waals surface area contributed by atoms with E-state index in [-0.39, 0.29) is 85.2 Å². The van der Waals surface area contributed by atoms with E-state index in [0.29, 0.717) is 32.0 Å². The highest BCUT2D eigenvalue weighted by Gasteiger charge is 2.44. The van der Waals surface area contributed by atoms with Gasteiger partial charge < -0.3 is 40.4 Å². The number of nitrogens with zero attached hydrogens (tertiary/aromatic N) is 9. The number of aliphatic imine (C=N–C) groups is 2. The SMILES string of the molecule is Cc1ccc(Nc2nc(NC3=C(S(=O)(=O)O)C4Oc5c(Cl)c6c(c(Cl)c5N=C4C=C3)OC3C(=N6)C=CC(Nc4nc(Cl)nc(Nc5ccccc5S(=O)(=O)O)n4)=C3S(=O)(=O)O)nc(N3CCOCC3)n2)cc1. The first kappa shape index (κ1) is 48.8. The minimum absolute atomic E-state index is 0.0816. The summed E-state index contributed by atoms with van der Waals surface area (Å²) in [7, 11) is -15.0. The van der Waals surface area contributed by atoms with E-state index in [0.717, 1.165) is 11.6 Å². The first-order valence-electron chi connectivity index (χ1n) is 20.7. The Bertz CT molecular complexity index is 3690. The second-order valence-electron chi connectivity index (χ2n) is 15.7. The standard InChI is InChI=1S/C41H32Cl3N13O12S3/c1-18-6-8-19(9-7-18)45-37-53-40(56-41(55-37)57-14-16-67-17-15-57)50-24-13-11-22-31(35(24)72(64,65)66)69-33-27(43)28-32(26(42)29(33)47-22)68-30-21(46-28)10-12-23(34(30)71(61,62)63)49-39-52-36(44)51-38(54-39)48-20-4-2-3-5-25(20)70(58,59)60/h2-13,30-31H,14-17H2,1H3,(H,58,59,60)(H,61,62,63)(H,64,65,66)(H2,45,50,53,55,56)(H2,48,49,51,52,54). The van der Waals surface area contributed by atoms with Gasteiger partial charge in [0, 0.05) is 18.8 Å². The number of benzene rings is 3. The third kappa shape index (κ3) is 9.75. The molecule has 2 aromatic heterocycles. The largest absolute Gasteiger partial charge is 0.474 e. The maximum absolute atomic E-state index is 13.3. The Labute approximate surface area is 422 Å². The zero-order valence-electron chi connectivity index (χ0n) is 36.3. The number of halogens is 3. The number of hydrogen-bond acceptors (Lipinski definition) is 22. The van der Waals surface area contributed by atoms with Crippen LogP contribution in [0, 0.1) is 6.92 Å². The lowest BCUT2D eigenvalue weighted by Gasteiger charge is -2.33. The van der Waals surface area contributed by atoms with E-state index >= 15 is 0 Å². The van der Waals surface area contributed by atoms with Gasteiger partial charge >= 0.3 is 0 Å². The van der Waals surface area contributed by atoms with Crippen LogP contribution in [-0.4, -0.2) is 119 Å². The summed E-state index contributed by atoms with van der Waals surface area (Å²) in [5.41, 5.74) is 0.376. The molecule has 25 nitrogen and oxygen atoms in total. The minimum Gasteiger partial charge on any atom is -0.474 e. The highest BCUT2D eigenvalue weighted by molar-refractivity contribution is 7.90.